The third-order valence-electron chi connectivity index (χ3n) is 6.86. The van der Waals surface area contributed by atoms with Gasteiger partial charge in [0.25, 0.3) is 5.91 Å². The standard InChI is InChI=1S/C29H22BrN3O5S2/c1-15-6-10-17(11-7-15)31-21(34)14-38-20-5-3-2-4-19(20)22-23-25(39-26-24(22)40-29(37)32-26)28(36)33(27(23)35)18-12-8-16(30)9-13-18/h2-13,22-23,25H,14H2,1H3,(H,31,34)(H,32,37)/t22-,23?,25?/m1/s1. The van der Waals surface area contributed by atoms with Crippen LogP contribution in [0.25, 0.3) is 0 Å². The molecule has 0 spiro atoms. The molecule has 3 atom stereocenters. The summed E-state index contributed by atoms with van der Waals surface area (Å²) in [6, 6.07) is 21.6. The smallest absolute Gasteiger partial charge is 0.305 e. The number of ether oxygens (including phenoxy) is 1. The first-order valence-corrected chi connectivity index (χ1v) is 14.9. The summed E-state index contributed by atoms with van der Waals surface area (Å²) in [5.74, 6) is -1.97. The number of para-hydroxylation sites is 1. The molecule has 8 nitrogen and oxygen atoms in total. The quantitative estimate of drug-likeness (QED) is 0.278. The molecule has 1 fully saturated rings. The third-order valence-corrected chi connectivity index (χ3v) is 9.79. The lowest BCUT2D eigenvalue weighted by molar-refractivity contribution is -0.122. The second-order valence-corrected chi connectivity index (χ2v) is 12.6. The van der Waals surface area contributed by atoms with Crippen LogP contribution in [0.3, 0.4) is 0 Å². The predicted molar refractivity (Wildman–Crippen MR) is 158 cm³/mol. The maximum atomic E-state index is 13.9. The molecule has 0 bridgehead atoms. The number of anilines is 2. The molecular weight excluding hydrogens is 614 g/mol. The number of hydrogen-bond donors (Lipinski definition) is 2. The number of nitrogens with one attached hydrogen (secondary N) is 2. The van der Waals surface area contributed by atoms with Crippen LogP contribution in [-0.4, -0.2) is 34.6 Å². The molecule has 4 aromatic rings. The molecule has 11 heteroatoms. The summed E-state index contributed by atoms with van der Waals surface area (Å²) >= 11 is 5.63. The fourth-order valence-electron chi connectivity index (χ4n) is 5.04. The molecule has 0 radical (unpaired) electrons. The molecule has 3 heterocycles. The lowest BCUT2D eigenvalue weighted by Crippen LogP contribution is -2.32. The number of nitrogens with zero attached hydrogens (tertiary/aromatic N) is 1. The molecule has 0 aliphatic carbocycles. The van der Waals surface area contributed by atoms with Crippen molar-refractivity contribution in [3.8, 4) is 5.75 Å². The minimum atomic E-state index is -0.758. The molecule has 3 amide bonds. The Morgan fingerprint density at radius 1 is 1.00 bits per heavy atom. The lowest BCUT2D eigenvalue weighted by Gasteiger charge is -2.30. The minimum Gasteiger partial charge on any atom is -0.483 e. The van der Waals surface area contributed by atoms with Crippen molar-refractivity contribution in [2.45, 2.75) is 23.1 Å². The van der Waals surface area contributed by atoms with Crippen LogP contribution in [0, 0.1) is 12.8 Å². The summed E-state index contributed by atoms with van der Waals surface area (Å²) in [6.45, 7) is 1.71. The zero-order valence-corrected chi connectivity index (χ0v) is 24.3. The molecule has 202 valence electrons. The molecule has 2 N–H and O–H groups in total. The first-order chi connectivity index (χ1) is 19.3. The van der Waals surface area contributed by atoms with E-state index >= 15 is 0 Å². The summed E-state index contributed by atoms with van der Waals surface area (Å²) in [6.07, 6.45) is 0. The second-order valence-electron chi connectivity index (χ2n) is 9.48. The van der Waals surface area contributed by atoms with E-state index in [0.29, 0.717) is 32.6 Å². The van der Waals surface area contributed by atoms with E-state index < -0.39 is 17.1 Å². The van der Waals surface area contributed by atoms with Crippen LogP contribution in [-0.2, 0) is 14.4 Å². The molecule has 2 aliphatic rings. The molecule has 1 aromatic heterocycles. The van der Waals surface area contributed by atoms with Crippen molar-refractivity contribution in [1.29, 1.82) is 0 Å². The van der Waals surface area contributed by atoms with Gasteiger partial charge in [0.2, 0.25) is 11.8 Å². The van der Waals surface area contributed by atoms with E-state index in [-0.39, 0.29) is 29.2 Å². The van der Waals surface area contributed by atoms with E-state index in [2.05, 4.69) is 26.2 Å². The third kappa shape index (κ3) is 4.89. The van der Waals surface area contributed by atoms with Crippen molar-refractivity contribution < 1.29 is 19.1 Å². The number of aryl methyl sites for hydroxylation is 1. The van der Waals surface area contributed by atoms with Crippen molar-refractivity contribution in [1.82, 2.24) is 4.98 Å². The molecule has 6 rings (SSSR count). The molecule has 3 aromatic carbocycles. The van der Waals surface area contributed by atoms with Crippen LogP contribution in [0.5, 0.6) is 5.75 Å². The van der Waals surface area contributed by atoms with Gasteiger partial charge in [-0.05, 0) is 49.4 Å². The number of benzene rings is 3. The molecule has 2 aliphatic heterocycles. The summed E-state index contributed by atoms with van der Waals surface area (Å²) in [5, 5.41) is 2.67. The van der Waals surface area contributed by atoms with E-state index in [4.69, 9.17) is 4.74 Å². The van der Waals surface area contributed by atoms with Gasteiger partial charge >= 0.3 is 4.87 Å². The highest BCUT2D eigenvalue weighted by atomic mass is 79.9. The van der Waals surface area contributed by atoms with E-state index in [1.165, 1.54) is 16.7 Å². The van der Waals surface area contributed by atoms with Crippen molar-refractivity contribution in [3.63, 3.8) is 0 Å². The number of aromatic nitrogens is 1. The Kier molecular flexibility index (Phi) is 7.11. The summed E-state index contributed by atoms with van der Waals surface area (Å²) in [7, 11) is 0. The van der Waals surface area contributed by atoms with Gasteiger partial charge in [-0.15, -0.1) is 0 Å². The van der Waals surface area contributed by atoms with Gasteiger partial charge in [-0.25, -0.2) is 4.90 Å². The van der Waals surface area contributed by atoms with E-state index in [1.807, 2.05) is 43.3 Å². The van der Waals surface area contributed by atoms with Crippen LogP contribution < -0.4 is 19.8 Å². The Morgan fingerprint density at radius 2 is 1.73 bits per heavy atom. The van der Waals surface area contributed by atoms with Crippen molar-refractivity contribution in [2.75, 3.05) is 16.8 Å². The predicted octanol–water partition coefficient (Wildman–Crippen LogP) is 5.32. The molecule has 0 saturated carbocycles. The monoisotopic (exact) mass is 635 g/mol. The Balaban J connectivity index is 1.33. The number of imide groups is 1. The molecule has 1 saturated heterocycles. The van der Waals surface area contributed by atoms with Crippen LogP contribution >= 0.6 is 39.0 Å². The van der Waals surface area contributed by atoms with Gasteiger partial charge in [0.1, 0.15) is 11.0 Å². The number of amides is 3. The zero-order valence-electron chi connectivity index (χ0n) is 21.1. The second kappa shape index (κ2) is 10.7. The number of halogens is 1. The normalized spacial score (nSPS) is 19.8. The first-order valence-electron chi connectivity index (χ1n) is 12.4. The largest absolute Gasteiger partial charge is 0.483 e. The lowest BCUT2D eigenvalue weighted by atomic mass is 9.82. The summed E-state index contributed by atoms with van der Waals surface area (Å²) in [4.78, 5) is 57.1. The van der Waals surface area contributed by atoms with Gasteiger partial charge in [0.05, 0.1) is 16.6 Å². The topological polar surface area (TPSA) is 109 Å². The van der Waals surface area contributed by atoms with Crippen molar-refractivity contribution in [2.24, 2.45) is 5.92 Å². The average Bonchev–Trinajstić information content (AvgIpc) is 3.44. The summed E-state index contributed by atoms with van der Waals surface area (Å²) in [5.41, 5.74) is 2.86. The highest BCUT2D eigenvalue weighted by molar-refractivity contribution is 9.10. The van der Waals surface area contributed by atoms with E-state index in [0.717, 1.165) is 21.4 Å². The van der Waals surface area contributed by atoms with Gasteiger partial charge in [0.15, 0.2) is 6.61 Å². The van der Waals surface area contributed by atoms with Crippen molar-refractivity contribution >= 4 is 68.1 Å². The number of carbonyl (C=O) groups is 3. The Labute approximate surface area is 245 Å². The molecule has 2 unspecified atom stereocenters. The fourth-order valence-corrected chi connectivity index (χ4v) is 7.81. The average molecular weight is 637 g/mol. The Morgan fingerprint density at radius 3 is 2.48 bits per heavy atom. The number of hydrogen-bond acceptors (Lipinski definition) is 7. The van der Waals surface area contributed by atoms with Crippen LogP contribution in [0.15, 0.2) is 87.1 Å². The van der Waals surface area contributed by atoms with Gasteiger partial charge < -0.3 is 15.0 Å². The minimum absolute atomic E-state index is 0.255. The Bertz CT molecular complexity index is 1680. The van der Waals surface area contributed by atoms with Gasteiger partial charge in [0, 0.05) is 26.5 Å². The van der Waals surface area contributed by atoms with Crippen LogP contribution in [0.1, 0.15) is 21.9 Å². The number of aromatic amines is 1. The maximum absolute atomic E-state index is 13.9. The maximum Gasteiger partial charge on any atom is 0.305 e. The number of thiazole rings is 1. The Hall–Kier alpha value is -3.67. The van der Waals surface area contributed by atoms with Gasteiger partial charge in [-0.1, -0.05) is 74.9 Å². The van der Waals surface area contributed by atoms with Crippen LogP contribution in [0.2, 0.25) is 0 Å². The highest BCUT2D eigenvalue weighted by Crippen LogP contribution is 2.54. The molecular formula is C29H22BrN3O5S2. The van der Waals surface area contributed by atoms with E-state index in [1.54, 1.807) is 36.4 Å². The zero-order chi connectivity index (χ0) is 28.0. The summed E-state index contributed by atoms with van der Waals surface area (Å²) < 4.78 is 6.82. The van der Waals surface area contributed by atoms with Crippen molar-refractivity contribution in [3.05, 3.63) is 103 Å². The van der Waals surface area contributed by atoms with Gasteiger partial charge in [-0.2, -0.15) is 0 Å². The molecule has 40 heavy (non-hydrogen) atoms. The number of rotatable bonds is 6. The SMILES string of the molecule is Cc1ccc(NC(=O)COc2ccccc2[C@H]2c3sc(=O)[nH]c3SC3C(=O)N(c4ccc(Br)cc4)C(=O)C32)cc1. The number of carbonyl (C=O) groups excluding carboxylic acids is 3. The number of fused-ring (bicyclic) bond motifs is 2. The van der Waals surface area contributed by atoms with Gasteiger partial charge in [-0.3, -0.25) is 19.2 Å². The fraction of sp³-hybridized carbons (Fsp3) is 0.172. The van der Waals surface area contributed by atoms with Crippen LogP contribution in [0.4, 0.5) is 11.4 Å². The number of thioether (sulfide) groups is 1. The first kappa shape index (κ1) is 26.5. The number of H-pyrrole nitrogens is 1. The highest BCUT2D eigenvalue weighted by Gasteiger charge is 2.56. The van der Waals surface area contributed by atoms with E-state index in [9.17, 15) is 19.2 Å².